The predicted octanol–water partition coefficient (Wildman–Crippen LogP) is 3.89. The molecule has 2 N–H and O–H groups in total. The zero-order valence-electron chi connectivity index (χ0n) is 22.8. The van der Waals surface area contributed by atoms with Crippen molar-refractivity contribution in [3.8, 4) is 0 Å². The highest BCUT2D eigenvalue weighted by Crippen LogP contribution is 2.31. The molecule has 212 valence electrons. The summed E-state index contributed by atoms with van der Waals surface area (Å²) in [4.78, 5) is 42.8. The van der Waals surface area contributed by atoms with Crippen LogP contribution in [0.5, 0.6) is 0 Å². The smallest absolute Gasteiger partial charge is 0.266 e. The van der Waals surface area contributed by atoms with Gasteiger partial charge in [0.15, 0.2) is 0 Å². The van der Waals surface area contributed by atoms with Crippen LogP contribution in [0.4, 0.5) is 18.9 Å². The van der Waals surface area contributed by atoms with Gasteiger partial charge in [0.2, 0.25) is 5.91 Å². The number of hydrogen-bond acceptors (Lipinski definition) is 5. The van der Waals surface area contributed by atoms with E-state index in [-0.39, 0.29) is 28.6 Å². The van der Waals surface area contributed by atoms with Gasteiger partial charge >= 0.3 is 0 Å². The van der Waals surface area contributed by atoms with E-state index in [2.05, 4.69) is 15.5 Å². The lowest BCUT2D eigenvalue weighted by atomic mass is 9.99. The zero-order valence-corrected chi connectivity index (χ0v) is 22.8. The third kappa shape index (κ3) is 6.13. The average molecular weight is 548 g/mol. The molecule has 39 heavy (non-hydrogen) atoms. The molecule has 3 heterocycles. The first-order valence-corrected chi connectivity index (χ1v) is 13.2. The molecule has 2 aliphatic heterocycles. The molecule has 2 saturated heterocycles. The molecule has 11 heteroatoms. The number of alkyl halides is 2. The number of carbonyl (C=O) groups excluding carboxylic acids is 2. The molecule has 0 aliphatic carbocycles. The molecule has 2 amide bonds. The van der Waals surface area contributed by atoms with Crippen LogP contribution in [0.15, 0.2) is 35.3 Å². The molecule has 1 aromatic carbocycles. The second-order valence-electron chi connectivity index (χ2n) is 11.0. The fourth-order valence-corrected chi connectivity index (χ4v) is 5.46. The fraction of sp³-hybridized carbons (Fsp3) is 0.536. The first kappa shape index (κ1) is 28.7. The largest absolute Gasteiger partial charge is 0.381 e. The summed E-state index contributed by atoms with van der Waals surface area (Å²) in [5.41, 5.74) is -1.25. The van der Waals surface area contributed by atoms with Crippen LogP contribution in [0, 0.1) is 5.82 Å². The van der Waals surface area contributed by atoms with Crippen LogP contribution in [0.3, 0.4) is 0 Å². The lowest BCUT2D eigenvalue weighted by molar-refractivity contribution is -0.128. The number of halogens is 3. The maximum absolute atomic E-state index is 14.8. The summed E-state index contributed by atoms with van der Waals surface area (Å²) in [5.74, 6) is -1.72. The van der Waals surface area contributed by atoms with Gasteiger partial charge < -0.3 is 25.0 Å². The number of piperidine rings is 1. The highest BCUT2D eigenvalue weighted by Gasteiger charge is 2.38. The molecule has 0 spiro atoms. The average Bonchev–Trinajstić information content (AvgIpc) is 3.28. The maximum atomic E-state index is 14.8. The van der Waals surface area contributed by atoms with E-state index in [0.717, 1.165) is 32.0 Å². The third-order valence-electron chi connectivity index (χ3n) is 7.96. The highest BCUT2D eigenvalue weighted by atomic mass is 19.3. The van der Waals surface area contributed by atoms with Crippen molar-refractivity contribution in [3.63, 3.8) is 0 Å². The first-order valence-electron chi connectivity index (χ1n) is 13.2. The van der Waals surface area contributed by atoms with Gasteiger partial charge in [0.1, 0.15) is 5.82 Å². The van der Waals surface area contributed by atoms with Gasteiger partial charge in [-0.05, 0) is 53.2 Å². The van der Waals surface area contributed by atoms with Crippen molar-refractivity contribution in [2.24, 2.45) is 0 Å². The predicted molar refractivity (Wildman–Crippen MR) is 143 cm³/mol. The van der Waals surface area contributed by atoms with Crippen LogP contribution in [0.1, 0.15) is 74.0 Å². The van der Waals surface area contributed by atoms with E-state index in [1.807, 2.05) is 14.0 Å². The van der Waals surface area contributed by atoms with Gasteiger partial charge in [-0.1, -0.05) is 18.2 Å². The Morgan fingerprint density at radius 3 is 2.41 bits per heavy atom. The summed E-state index contributed by atoms with van der Waals surface area (Å²) in [6, 6.07) is 4.25. The van der Waals surface area contributed by atoms with Crippen LogP contribution in [-0.4, -0.2) is 65.4 Å². The van der Waals surface area contributed by atoms with E-state index in [0.29, 0.717) is 25.2 Å². The van der Waals surface area contributed by atoms with Gasteiger partial charge in [-0.15, -0.1) is 0 Å². The molecule has 0 bridgehead atoms. The number of nitrogens with one attached hydrogen (secondary N) is 2. The van der Waals surface area contributed by atoms with Crippen LogP contribution in [0.2, 0.25) is 0 Å². The van der Waals surface area contributed by atoms with E-state index < -0.39 is 35.3 Å². The lowest BCUT2D eigenvalue weighted by Crippen LogP contribution is -2.43. The van der Waals surface area contributed by atoms with Crippen molar-refractivity contribution in [2.75, 3.05) is 38.5 Å². The SMILES string of the molecule is CC(=O)N1CC[C@@](C)(n2cc(C(=O)NC(C)c3cccc(C(F)F)c3F)c(NC3CCN(C)CC3)cc2=O)C1. The number of amides is 2. The molecule has 1 aromatic heterocycles. The van der Waals surface area contributed by atoms with E-state index in [1.165, 1.54) is 42.8 Å². The van der Waals surface area contributed by atoms with Crippen LogP contribution in [0.25, 0.3) is 0 Å². The van der Waals surface area contributed by atoms with E-state index in [1.54, 1.807) is 4.90 Å². The van der Waals surface area contributed by atoms with Crippen molar-refractivity contribution in [1.82, 2.24) is 19.7 Å². The van der Waals surface area contributed by atoms with Crippen molar-refractivity contribution in [2.45, 2.75) is 64.1 Å². The summed E-state index contributed by atoms with van der Waals surface area (Å²) in [6.07, 6.45) is 0.708. The Labute approximate surface area is 226 Å². The molecule has 2 fully saturated rings. The van der Waals surface area contributed by atoms with Gasteiger partial charge in [0.05, 0.1) is 28.4 Å². The molecule has 1 unspecified atom stereocenters. The van der Waals surface area contributed by atoms with E-state index in [9.17, 15) is 27.6 Å². The number of likely N-dealkylation sites (tertiary alicyclic amines) is 2. The molecule has 2 atom stereocenters. The second kappa shape index (κ2) is 11.4. The van der Waals surface area contributed by atoms with Crippen molar-refractivity contribution in [1.29, 1.82) is 0 Å². The summed E-state index contributed by atoms with van der Waals surface area (Å²) >= 11 is 0. The minimum absolute atomic E-state index is 0.0517. The monoisotopic (exact) mass is 547 g/mol. The summed E-state index contributed by atoms with van der Waals surface area (Å²) in [6.45, 7) is 7.43. The van der Waals surface area contributed by atoms with Crippen molar-refractivity contribution >= 4 is 17.5 Å². The van der Waals surface area contributed by atoms with E-state index in [4.69, 9.17) is 0 Å². The molecule has 0 radical (unpaired) electrons. The number of hydrogen-bond donors (Lipinski definition) is 2. The fourth-order valence-electron chi connectivity index (χ4n) is 5.46. The van der Waals surface area contributed by atoms with Gasteiger partial charge in [-0.3, -0.25) is 14.4 Å². The van der Waals surface area contributed by atoms with Gasteiger partial charge in [0.25, 0.3) is 17.9 Å². The Balaban J connectivity index is 1.68. The standard InChI is InChI=1S/C28H36F3N5O3/c1-17(20-6-5-7-21(25(20)29)26(30)31)32-27(39)22-15-36(28(3)10-13-35(16-28)18(2)37)24(38)14-23(22)33-19-8-11-34(4)12-9-19/h5-7,14-15,17,19,26,33H,8-13,16H2,1-4H3,(H,32,39)/t17?,28-/m1/s1. The number of anilines is 1. The number of pyridine rings is 1. The Morgan fingerprint density at radius 2 is 1.79 bits per heavy atom. The quantitative estimate of drug-likeness (QED) is 0.550. The lowest BCUT2D eigenvalue weighted by Gasteiger charge is -2.32. The zero-order chi connectivity index (χ0) is 28.5. The molecule has 2 aromatic rings. The summed E-state index contributed by atoms with van der Waals surface area (Å²) < 4.78 is 42.8. The molecule has 4 rings (SSSR count). The molecule has 2 aliphatic rings. The first-order chi connectivity index (χ1) is 18.4. The number of nitrogens with zero attached hydrogens (tertiary/aromatic N) is 3. The van der Waals surface area contributed by atoms with Gasteiger partial charge in [-0.25, -0.2) is 13.2 Å². The number of rotatable bonds is 7. The topological polar surface area (TPSA) is 86.7 Å². The molecule has 0 saturated carbocycles. The van der Waals surface area contributed by atoms with Crippen LogP contribution >= 0.6 is 0 Å². The molecular weight excluding hydrogens is 511 g/mol. The van der Waals surface area contributed by atoms with Crippen LogP contribution < -0.4 is 16.2 Å². The maximum Gasteiger partial charge on any atom is 0.266 e. The summed E-state index contributed by atoms with van der Waals surface area (Å²) in [7, 11) is 2.03. The summed E-state index contributed by atoms with van der Waals surface area (Å²) in [5, 5.41) is 6.09. The van der Waals surface area contributed by atoms with Gasteiger partial charge in [-0.2, -0.15) is 0 Å². The second-order valence-corrected chi connectivity index (χ2v) is 11.0. The van der Waals surface area contributed by atoms with Crippen molar-refractivity contribution in [3.05, 3.63) is 63.3 Å². The normalized spacial score (nSPS) is 21.3. The van der Waals surface area contributed by atoms with Crippen molar-refractivity contribution < 1.29 is 22.8 Å². The minimum Gasteiger partial charge on any atom is -0.381 e. The Kier molecular flexibility index (Phi) is 8.39. The van der Waals surface area contributed by atoms with Crippen LogP contribution in [-0.2, 0) is 10.3 Å². The number of aromatic nitrogens is 1. The number of benzene rings is 1. The minimum atomic E-state index is -2.98. The highest BCUT2D eigenvalue weighted by molar-refractivity contribution is 5.99. The number of carbonyl (C=O) groups is 2. The third-order valence-corrected chi connectivity index (χ3v) is 7.96. The Bertz CT molecular complexity index is 1290. The van der Waals surface area contributed by atoms with E-state index >= 15 is 0 Å². The Morgan fingerprint density at radius 1 is 1.13 bits per heavy atom. The molecular formula is C28H36F3N5O3. The Hall–Kier alpha value is -3.34. The molecule has 8 nitrogen and oxygen atoms in total. The van der Waals surface area contributed by atoms with Gasteiger partial charge in [0, 0.05) is 43.9 Å².